The van der Waals surface area contributed by atoms with Gasteiger partial charge >= 0.3 is 0 Å². The molecule has 0 amide bonds. The normalized spacial score (nSPS) is 19.8. The lowest BCUT2D eigenvalue weighted by molar-refractivity contribution is 0.0951. The molecular formula is C52H60I4O8. The molecule has 4 aromatic rings. The highest BCUT2D eigenvalue weighted by molar-refractivity contribution is 14.1. The van der Waals surface area contributed by atoms with Crippen molar-refractivity contribution in [1.82, 2.24) is 0 Å². The van der Waals surface area contributed by atoms with Crippen LogP contribution in [-0.2, 0) is 0 Å². The fourth-order valence-corrected chi connectivity index (χ4v) is 14.5. The first-order valence-electron chi connectivity index (χ1n) is 23.8. The van der Waals surface area contributed by atoms with E-state index in [-0.39, 0.29) is 50.8 Å². The Kier molecular flexibility index (Phi) is 15.7. The Labute approximate surface area is 434 Å². The second-order valence-corrected chi connectivity index (χ2v) is 22.2. The molecule has 0 N–H and O–H groups in total. The van der Waals surface area contributed by atoms with Crippen molar-refractivity contribution in [2.75, 3.05) is 27.2 Å². The second-order valence-electron chi connectivity index (χ2n) is 17.9. The third-order valence-electron chi connectivity index (χ3n) is 14.0. The predicted molar refractivity (Wildman–Crippen MR) is 285 cm³/mol. The van der Waals surface area contributed by atoms with Crippen LogP contribution in [0.5, 0.6) is 46.0 Å². The van der Waals surface area contributed by atoms with Gasteiger partial charge in [0.1, 0.15) is 46.0 Å². The third kappa shape index (κ3) is 8.87. The highest BCUT2D eigenvalue weighted by Crippen LogP contribution is 2.58. The number of rotatable bonds is 16. The number of ether oxygens (including phenoxy) is 8. The molecule has 0 spiro atoms. The smallest absolute Gasteiger partial charge is 0.231 e. The Hall–Kier alpha value is -1.80. The maximum Gasteiger partial charge on any atom is 0.231 e. The average Bonchev–Trinajstić information content (AvgIpc) is 3.26. The predicted octanol–water partition coefficient (Wildman–Crippen LogP) is 16.2. The first-order valence-corrected chi connectivity index (χ1v) is 28.1. The molecule has 4 aliphatic heterocycles. The molecule has 8 nitrogen and oxygen atoms in total. The van der Waals surface area contributed by atoms with Gasteiger partial charge in [-0.3, -0.25) is 0 Å². The van der Waals surface area contributed by atoms with Gasteiger partial charge in [0.05, 0.1) is 14.3 Å². The van der Waals surface area contributed by atoms with Gasteiger partial charge in [-0.25, -0.2) is 0 Å². The van der Waals surface area contributed by atoms with E-state index in [0.717, 1.165) is 163 Å². The van der Waals surface area contributed by atoms with E-state index in [9.17, 15) is 0 Å². The van der Waals surface area contributed by atoms with E-state index in [1.165, 1.54) is 44.5 Å². The molecule has 0 radical (unpaired) electrons. The largest absolute Gasteiger partial charge is 0.456 e. The summed E-state index contributed by atoms with van der Waals surface area (Å²) in [6.45, 7) is 9.42. The van der Waals surface area contributed by atoms with Crippen LogP contribution in [0.3, 0.4) is 0 Å². The van der Waals surface area contributed by atoms with E-state index in [0.29, 0.717) is 0 Å². The molecule has 344 valence electrons. The fourth-order valence-electron chi connectivity index (χ4n) is 10.8. The zero-order chi connectivity index (χ0) is 44.5. The Balaban J connectivity index is 1.44. The minimum Gasteiger partial charge on any atom is -0.456 e. The Morgan fingerprint density at radius 2 is 0.484 bits per heavy atom. The van der Waals surface area contributed by atoms with Crippen molar-refractivity contribution in [3.63, 3.8) is 0 Å². The van der Waals surface area contributed by atoms with Crippen LogP contribution in [-0.4, -0.2) is 27.2 Å². The molecule has 5 aliphatic rings. The SMILES string of the molecule is CCCCCC1c2cc3c4c(I)c2OCOc2c1cc1c(c2I)OCOc2c(cc5c(c2I)OCOc2c(cc(c(c2I)OCO4)C3CCCCC)C5CCCCC)C1CCCCC. The summed E-state index contributed by atoms with van der Waals surface area (Å²) in [5.41, 5.74) is 9.65. The molecule has 0 aromatic heterocycles. The third-order valence-corrected chi connectivity index (χ3v) is 17.9. The summed E-state index contributed by atoms with van der Waals surface area (Å²) in [4.78, 5) is 0. The van der Waals surface area contributed by atoms with Crippen molar-refractivity contribution in [2.24, 2.45) is 0 Å². The molecule has 0 fully saturated rings. The lowest BCUT2D eigenvalue weighted by Gasteiger charge is -2.36. The van der Waals surface area contributed by atoms with E-state index < -0.39 is 0 Å². The van der Waals surface area contributed by atoms with Crippen LogP contribution < -0.4 is 37.9 Å². The number of unbranched alkanes of at least 4 members (excludes halogenated alkanes) is 8. The van der Waals surface area contributed by atoms with Gasteiger partial charge in [0.15, 0.2) is 0 Å². The Morgan fingerprint density at radius 3 is 0.641 bits per heavy atom. The fraction of sp³-hybridized carbons (Fsp3) is 0.538. The summed E-state index contributed by atoms with van der Waals surface area (Å²) >= 11 is 9.95. The quantitative estimate of drug-likeness (QED) is 0.0812. The molecule has 12 heteroatoms. The second kappa shape index (κ2) is 21.2. The topological polar surface area (TPSA) is 73.8 Å². The molecule has 0 saturated carbocycles. The molecule has 4 heterocycles. The minimum absolute atomic E-state index is 0.00350. The van der Waals surface area contributed by atoms with Crippen LogP contribution in [0.25, 0.3) is 0 Å². The molecule has 0 unspecified atom stereocenters. The van der Waals surface area contributed by atoms with Gasteiger partial charge in [0.2, 0.25) is 27.2 Å². The van der Waals surface area contributed by atoms with Gasteiger partial charge in [-0.1, -0.05) is 105 Å². The zero-order valence-corrected chi connectivity index (χ0v) is 46.2. The van der Waals surface area contributed by atoms with E-state index in [4.69, 9.17) is 37.9 Å². The minimum atomic E-state index is 0.00350. The lowest BCUT2D eigenvalue weighted by Crippen LogP contribution is -2.24. The highest BCUT2D eigenvalue weighted by Gasteiger charge is 2.40. The van der Waals surface area contributed by atoms with Gasteiger partial charge in [0, 0.05) is 68.2 Å². The van der Waals surface area contributed by atoms with Gasteiger partial charge in [-0.05, 0) is 140 Å². The summed E-state index contributed by atoms with van der Waals surface area (Å²) in [5, 5.41) is 0. The molecule has 9 rings (SSSR count). The summed E-state index contributed by atoms with van der Waals surface area (Å²) in [6, 6.07) is 9.88. The molecule has 4 aromatic carbocycles. The zero-order valence-electron chi connectivity index (χ0n) is 37.5. The van der Waals surface area contributed by atoms with Gasteiger partial charge in [0.25, 0.3) is 0 Å². The molecule has 64 heavy (non-hydrogen) atoms. The van der Waals surface area contributed by atoms with Crippen LogP contribution in [0.15, 0.2) is 24.3 Å². The standard InChI is InChI=1S/C52H60I4O8/c1-5-9-13-17-29-33-21-35-30(18-14-10-6-2)37-23-39-32(20-16-12-8-4)40-24-38-31(19-15-11-7-3)36-22-34(29)46-42(54)48(36)60-27-62-50(38)44(56)52(40)64-28-63-51(39)43(55)49(37)61-26-59-47(35)41(53)45(33)57-25-58-46/h21-24,29-32H,5-20,25-28H2,1-4H3. The molecule has 1 aliphatic carbocycles. The van der Waals surface area contributed by atoms with Crippen LogP contribution in [0.1, 0.15) is 199 Å². The van der Waals surface area contributed by atoms with Crippen molar-refractivity contribution in [3.8, 4) is 46.0 Å². The first-order chi connectivity index (χ1) is 31.3. The van der Waals surface area contributed by atoms with E-state index >= 15 is 0 Å². The summed E-state index contributed by atoms with van der Waals surface area (Å²) in [6.07, 6.45) is 17.3. The van der Waals surface area contributed by atoms with Gasteiger partial charge < -0.3 is 37.9 Å². The Bertz CT molecular complexity index is 1920. The van der Waals surface area contributed by atoms with Crippen molar-refractivity contribution in [1.29, 1.82) is 0 Å². The number of halogens is 4. The van der Waals surface area contributed by atoms with E-state index in [1.807, 2.05) is 0 Å². The van der Waals surface area contributed by atoms with Crippen LogP contribution in [0.4, 0.5) is 0 Å². The monoisotopic (exact) mass is 1320 g/mol. The lowest BCUT2D eigenvalue weighted by atomic mass is 9.76. The maximum atomic E-state index is 6.79. The highest BCUT2D eigenvalue weighted by atomic mass is 127. The number of hydrogen-bond acceptors (Lipinski definition) is 8. The van der Waals surface area contributed by atoms with Crippen LogP contribution in [0.2, 0.25) is 0 Å². The molecule has 8 bridgehead atoms. The van der Waals surface area contributed by atoms with Crippen molar-refractivity contribution >= 4 is 90.4 Å². The van der Waals surface area contributed by atoms with Gasteiger partial charge in [-0.2, -0.15) is 0 Å². The van der Waals surface area contributed by atoms with E-state index in [1.54, 1.807) is 0 Å². The average molecular weight is 1320 g/mol. The number of benzene rings is 4. The van der Waals surface area contributed by atoms with Crippen LogP contribution >= 0.6 is 90.4 Å². The van der Waals surface area contributed by atoms with Crippen molar-refractivity contribution in [2.45, 2.75) is 154 Å². The Morgan fingerprint density at radius 1 is 0.312 bits per heavy atom. The van der Waals surface area contributed by atoms with Crippen molar-refractivity contribution < 1.29 is 37.9 Å². The molecular weight excluding hydrogens is 1260 g/mol. The van der Waals surface area contributed by atoms with Crippen molar-refractivity contribution in [3.05, 3.63) is 83.1 Å². The van der Waals surface area contributed by atoms with E-state index in [2.05, 4.69) is 142 Å². The summed E-state index contributed by atoms with van der Waals surface area (Å²) in [5.74, 6) is 6.80. The van der Waals surface area contributed by atoms with Gasteiger partial charge in [-0.15, -0.1) is 0 Å². The number of hydrogen-bond donors (Lipinski definition) is 0. The van der Waals surface area contributed by atoms with Crippen LogP contribution in [0, 0.1) is 14.3 Å². The summed E-state index contributed by atoms with van der Waals surface area (Å²) in [7, 11) is 0. The molecule has 0 saturated heterocycles. The first kappa shape index (κ1) is 47.3. The summed E-state index contributed by atoms with van der Waals surface area (Å²) < 4.78 is 58.2. The maximum absolute atomic E-state index is 6.79. The molecule has 0 atom stereocenters.